The number of thiazole rings is 1. The molecule has 1 aliphatic heterocycles. The smallest absolute Gasteiger partial charge is 0.410 e. The second-order valence-corrected chi connectivity index (χ2v) is 19.4. The largest absolute Gasteiger partial charge is 0.493 e. The lowest BCUT2D eigenvalue weighted by molar-refractivity contribution is 0.0139. The molecule has 0 aliphatic carbocycles. The zero-order valence-corrected chi connectivity index (χ0v) is 40.6. The van der Waals surface area contributed by atoms with Crippen LogP contribution >= 0.6 is 11.3 Å². The van der Waals surface area contributed by atoms with Crippen molar-refractivity contribution < 1.29 is 23.4 Å². The minimum absolute atomic E-state index is 0.0642. The molecule has 6 heterocycles. The lowest BCUT2D eigenvalue weighted by Crippen LogP contribution is -2.44. The fourth-order valence-electron chi connectivity index (χ4n) is 8.59. The topological polar surface area (TPSA) is 163 Å². The van der Waals surface area contributed by atoms with Gasteiger partial charge in [0.1, 0.15) is 40.2 Å². The molecule has 14 nitrogen and oxygen atoms in total. The maximum absolute atomic E-state index is 12.8. The van der Waals surface area contributed by atoms with Gasteiger partial charge in [-0.15, -0.1) is 11.3 Å². The average Bonchev–Trinajstić information content (AvgIpc) is 3.96. The zero-order chi connectivity index (χ0) is 47.5. The number of methoxy groups -OCH3 is 1. The van der Waals surface area contributed by atoms with E-state index in [-0.39, 0.29) is 24.1 Å². The number of nitrogens with one attached hydrogen (secondary N) is 2. The molecule has 3 unspecified atom stereocenters. The van der Waals surface area contributed by atoms with Crippen molar-refractivity contribution in [1.29, 1.82) is 0 Å². The first-order valence-corrected chi connectivity index (χ1v) is 23.9. The Kier molecular flexibility index (Phi) is 13.3. The van der Waals surface area contributed by atoms with Crippen LogP contribution in [0, 0.1) is 19.8 Å². The molecule has 5 aromatic heterocycles. The fraction of sp³-hybridized carbons (Fsp3) is 0.340. The standard InChI is InChI=1S/C53H57N9O5S/c1-31-28-66-45-15-14-38(21-42(31)45)43-25-49(57-32(2)36-12-9-13-41(20-36)65-29-35-11-10-18-62(27-35)52(63)67-53(5,6)7)61-47(60-43)23-40-19-39(22-46-51(40)55-30-68-46)44-26-48(59-34(4)58-44)56-33(3)37-16-17-54-50(24-37)64-8/h9,12-17,19-22,24-26,28,30,32-33,35H,10-11,18,23,27,29H2,1-8H3,(H,56,58,59)(H,57,60,61). The number of ether oxygens (including phenoxy) is 3. The van der Waals surface area contributed by atoms with Gasteiger partial charge in [0.15, 0.2) is 0 Å². The highest BCUT2D eigenvalue weighted by Gasteiger charge is 2.28. The predicted molar refractivity (Wildman–Crippen MR) is 267 cm³/mol. The highest BCUT2D eigenvalue weighted by molar-refractivity contribution is 7.16. The summed E-state index contributed by atoms with van der Waals surface area (Å²) in [6.07, 6.45) is 5.58. The van der Waals surface area contributed by atoms with Gasteiger partial charge < -0.3 is 34.2 Å². The molecule has 3 aromatic carbocycles. The number of hydrogen-bond acceptors (Lipinski definition) is 14. The van der Waals surface area contributed by atoms with Gasteiger partial charge in [0, 0.05) is 66.3 Å². The molecule has 0 spiro atoms. The zero-order valence-electron chi connectivity index (χ0n) is 39.8. The number of pyridine rings is 1. The van der Waals surface area contributed by atoms with E-state index in [2.05, 4.69) is 59.8 Å². The van der Waals surface area contributed by atoms with E-state index in [0.29, 0.717) is 55.3 Å². The van der Waals surface area contributed by atoms with E-state index in [9.17, 15) is 4.79 Å². The number of fused-ring (bicyclic) bond motifs is 2. The number of carbonyl (C=O) groups is 1. The number of hydrogen-bond donors (Lipinski definition) is 2. The van der Waals surface area contributed by atoms with Crippen LogP contribution in [-0.2, 0) is 11.2 Å². The van der Waals surface area contributed by atoms with Gasteiger partial charge >= 0.3 is 6.09 Å². The number of carbonyl (C=O) groups excluding carboxylic acids is 1. The van der Waals surface area contributed by atoms with Crippen LogP contribution in [0.3, 0.4) is 0 Å². The normalized spacial score (nSPS) is 15.0. The highest BCUT2D eigenvalue weighted by Crippen LogP contribution is 2.34. The summed E-state index contributed by atoms with van der Waals surface area (Å²) in [5.41, 5.74) is 10.6. The number of amides is 1. The Morgan fingerprint density at radius 3 is 2.46 bits per heavy atom. The summed E-state index contributed by atoms with van der Waals surface area (Å²) in [7, 11) is 1.61. The van der Waals surface area contributed by atoms with Crippen LogP contribution in [0.4, 0.5) is 16.4 Å². The first-order chi connectivity index (χ1) is 32.7. The number of nitrogens with zero attached hydrogens (tertiary/aromatic N) is 7. The van der Waals surface area contributed by atoms with Crippen LogP contribution in [0.1, 0.15) is 93.4 Å². The molecule has 8 aromatic rings. The molecule has 68 heavy (non-hydrogen) atoms. The third-order valence-corrected chi connectivity index (χ3v) is 12.8. The number of furan rings is 1. The Hall–Kier alpha value is -7.13. The first kappa shape index (κ1) is 46.0. The first-order valence-electron chi connectivity index (χ1n) is 23.1. The second kappa shape index (κ2) is 19.6. The number of piperidine rings is 1. The number of likely N-dealkylation sites (tertiary alicyclic amines) is 1. The third kappa shape index (κ3) is 10.8. The van der Waals surface area contributed by atoms with Gasteiger partial charge in [-0.25, -0.2) is 34.7 Å². The molecule has 9 rings (SSSR count). The van der Waals surface area contributed by atoms with E-state index in [0.717, 1.165) is 84.5 Å². The van der Waals surface area contributed by atoms with Crippen LogP contribution in [-0.4, -0.2) is 73.3 Å². The molecule has 0 bridgehead atoms. The Labute approximate surface area is 400 Å². The molecule has 1 aliphatic rings. The molecule has 0 radical (unpaired) electrons. The van der Waals surface area contributed by atoms with Crippen molar-refractivity contribution in [1.82, 2.24) is 34.8 Å². The van der Waals surface area contributed by atoms with Crippen molar-refractivity contribution in [3.63, 3.8) is 0 Å². The van der Waals surface area contributed by atoms with Crippen LogP contribution in [0.25, 0.3) is 43.7 Å². The summed E-state index contributed by atoms with van der Waals surface area (Å²) in [4.78, 5) is 43.7. The molecule has 1 amide bonds. The van der Waals surface area contributed by atoms with Gasteiger partial charge in [0.05, 0.1) is 59.2 Å². The average molecular weight is 932 g/mol. The van der Waals surface area contributed by atoms with Crippen LogP contribution in [0.2, 0.25) is 0 Å². The maximum atomic E-state index is 12.8. The Morgan fingerprint density at radius 2 is 1.66 bits per heavy atom. The van der Waals surface area contributed by atoms with Crippen molar-refractivity contribution >= 4 is 50.3 Å². The van der Waals surface area contributed by atoms with Crippen molar-refractivity contribution in [2.45, 2.75) is 85.4 Å². The van der Waals surface area contributed by atoms with Gasteiger partial charge in [0.2, 0.25) is 5.88 Å². The van der Waals surface area contributed by atoms with Gasteiger partial charge in [-0.2, -0.15) is 0 Å². The summed E-state index contributed by atoms with van der Waals surface area (Å²) in [5.74, 6) is 4.22. The Balaban J connectivity index is 0.982. The van der Waals surface area contributed by atoms with Gasteiger partial charge in [0.25, 0.3) is 0 Å². The van der Waals surface area contributed by atoms with E-state index in [1.54, 1.807) is 35.8 Å². The monoisotopic (exact) mass is 931 g/mol. The lowest BCUT2D eigenvalue weighted by Gasteiger charge is -2.34. The molecule has 15 heteroatoms. The quantitative estimate of drug-likeness (QED) is 0.106. The number of aromatic nitrogens is 6. The highest BCUT2D eigenvalue weighted by atomic mass is 32.1. The summed E-state index contributed by atoms with van der Waals surface area (Å²) >= 11 is 1.59. The van der Waals surface area contributed by atoms with E-state index in [4.69, 9.17) is 43.5 Å². The second-order valence-electron chi connectivity index (χ2n) is 18.6. The van der Waals surface area contributed by atoms with Gasteiger partial charge in [-0.1, -0.05) is 12.1 Å². The van der Waals surface area contributed by atoms with Crippen molar-refractivity contribution in [2.24, 2.45) is 5.92 Å². The number of rotatable bonds is 14. The summed E-state index contributed by atoms with van der Waals surface area (Å²) < 4.78 is 24.2. The maximum Gasteiger partial charge on any atom is 0.410 e. The third-order valence-electron chi connectivity index (χ3n) is 12.0. The predicted octanol–water partition coefficient (Wildman–Crippen LogP) is 11.9. The van der Waals surface area contributed by atoms with Crippen molar-refractivity contribution in [3.05, 3.63) is 131 Å². The molecule has 0 saturated carbocycles. The number of aryl methyl sites for hydroxylation is 2. The molecule has 3 atom stereocenters. The molecular formula is C53H57N9O5S. The molecule has 1 saturated heterocycles. The van der Waals surface area contributed by atoms with E-state index >= 15 is 0 Å². The van der Waals surface area contributed by atoms with Crippen LogP contribution < -0.4 is 20.1 Å². The summed E-state index contributed by atoms with van der Waals surface area (Å²) in [5, 5.41) is 8.28. The Morgan fingerprint density at radius 1 is 0.882 bits per heavy atom. The van der Waals surface area contributed by atoms with Crippen LogP contribution in [0.15, 0.2) is 101 Å². The van der Waals surface area contributed by atoms with E-state index < -0.39 is 5.60 Å². The lowest BCUT2D eigenvalue weighted by atomic mass is 9.99. The number of benzene rings is 3. The molecule has 1 fully saturated rings. The van der Waals surface area contributed by atoms with Gasteiger partial charge in [-0.05, 0) is 132 Å². The fourth-order valence-corrected chi connectivity index (χ4v) is 9.35. The number of anilines is 2. The van der Waals surface area contributed by atoms with Crippen molar-refractivity contribution in [3.8, 4) is 34.1 Å². The van der Waals surface area contributed by atoms with Gasteiger partial charge in [-0.3, -0.25) is 0 Å². The summed E-state index contributed by atoms with van der Waals surface area (Å²) in [6.45, 7) is 15.6. The minimum Gasteiger partial charge on any atom is -0.493 e. The van der Waals surface area contributed by atoms with E-state index in [1.165, 1.54) is 0 Å². The van der Waals surface area contributed by atoms with Crippen molar-refractivity contribution in [2.75, 3.05) is 37.4 Å². The SMILES string of the molecule is COc1cc(C(C)Nc2cc(-c3cc(Cc4nc(NC(C)c5cccc(OCC6CCCN(C(=O)OC(C)(C)C)C6)c5)cc(-c5ccc6occ(C)c6c5)n4)c4ncsc4c3)nc(C)n2)ccn1. The Bertz CT molecular complexity index is 3090. The van der Waals surface area contributed by atoms with E-state index in [1.807, 2.05) is 88.7 Å². The minimum atomic E-state index is -0.534. The summed E-state index contributed by atoms with van der Waals surface area (Å²) in [6, 6.07) is 26.3. The molecular weight excluding hydrogens is 875 g/mol. The van der Waals surface area contributed by atoms with Crippen LogP contribution in [0.5, 0.6) is 11.6 Å². The molecule has 2 N–H and O–H groups in total. The molecule has 350 valence electrons.